The molecular formula is C21H30N4O6S. The Morgan fingerprint density at radius 1 is 0.906 bits per heavy atom. The molecular weight excluding hydrogens is 436 g/mol. The van der Waals surface area contributed by atoms with Gasteiger partial charge in [0.15, 0.2) is 5.78 Å². The van der Waals surface area contributed by atoms with E-state index in [1.807, 2.05) is 0 Å². The van der Waals surface area contributed by atoms with E-state index in [2.05, 4.69) is 9.62 Å². The van der Waals surface area contributed by atoms with Crippen molar-refractivity contribution in [2.45, 2.75) is 18.2 Å². The molecule has 1 aromatic rings. The van der Waals surface area contributed by atoms with Gasteiger partial charge in [-0.1, -0.05) is 12.1 Å². The van der Waals surface area contributed by atoms with Crippen LogP contribution in [0.5, 0.6) is 0 Å². The van der Waals surface area contributed by atoms with Crippen LogP contribution in [0.1, 0.15) is 23.7 Å². The molecule has 2 heterocycles. The zero-order chi connectivity index (χ0) is 23.1. The number of nitrogens with zero attached hydrogens (tertiary/aromatic N) is 3. The Kier molecular flexibility index (Phi) is 8.35. The number of ketones is 1. The second-order valence-electron chi connectivity index (χ2n) is 7.88. The number of sulfonamides is 1. The van der Waals surface area contributed by atoms with Gasteiger partial charge in [-0.05, 0) is 19.1 Å². The smallest absolute Gasteiger partial charge is 0.240 e. The van der Waals surface area contributed by atoms with Gasteiger partial charge in [0, 0.05) is 57.8 Å². The maximum atomic E-state index is 12.5. The number of rotatable bonds is 8. The lowest BCUT2D eigenvalue weighted by Gasteiger charge is -2.36. The monoisotopic (exact) mass is 466 g/mol. The summed E-state index contributed by atoms with van der Waals surface area (Å²) in [5, 5.41) is 0. The van der Waals surface area contributed by atoms with E-state index < -0.39 is 10.0 Å². The van der Waals surface area contributed by atoms with E-state index in [-0.39, 0.29) is 35.5 Å². The lowest BCUT2D eigenvalue weighted by Crippen LogP contribution is -2.53. The number of ether oxygens (including phenoxy) is 1. The summed E-state index contributed by atoms with van der Waals surface area (Å²) in [5.41, 5.74) is 0.432. The quantitative estimate of drug-likeness (QED) is 0.517. The summed E-state index contributed by atoms with van der Waals surface area (Å²) >= 11 is 0. The van der Waals surface area contributed by atoms with Gasteiger partial charge in [-0.2, -0.15) is 0 Å². The van der Waals surface area contributed by atoms with Crippen molar-refractivity contribution in [1.29, 1.82) is 0 Å². The van der Waals surface area contributed by atoms with Gasteiger partial charge < -0.3 is 14.5 Å². The van der Waals surface area contributed by atoms with Crippen LogP contribution in [0.3, 0.4) is 0 Å². The molecule has 2 aliphatic rings. The summed E-state index contributed by atoms with van der Waals surface area (Å²) in [6, 6.07) is 5.66. The molecule has 1 aromatic carbocycles. The third-order valence-electron chi connectivity index (χ3n) is 5.65. The Balaban J connectivity index is 1.40. The maximum Gasteiger partial charge on any atom is 0.240 e. The fraction of sp³-hybridized carbons (Fsp3) is 0.571. The first kappa shape index (κ1) is 24.3. The second-order valence-corrected chi connectivity index (χ2v) is 9.65. The highest BCUT2D eigenvalue weighted by Gasteiger charge is 2.26. The van der Waals surface area contributed by atoms with E-state index in [9.17, 15) is 22.8 Å². The van der Waals surface area contributed by atoms with Crippen LogP contribution in [0.4, 0.5) is 0 Å². The van der Waals surface area contributed by atoms with Crippen LogP contribution in [0.15, 0.2) is 29.2 Å². The Morgan fingerprint density at radius 3 is 2.03 bits per heavy atom. The summed E-state index contributed by atoms with van der Waals surface area (Å²) in [5.74, 6) is -0.238. The van der Waals surface area contributed by atoms with Crippen molar-refractivity contribution in [3.8, 4) is 0 Å². The molecule has 0 atom stereocenters. The van der Waals surface area contributed by atoms with E-state index >= 15 is 0 Å². The minimum Gasteiger partial charge on any atom is -0.379 e. The molecule has 0 aromatic heterocycles. The third-order valence-corrected chi connectivity index (χ3v) is 7.13. The number of carbonyl (C=O) groups is 3. The summed E-state index contributed by atoms with van der Waals surface area (Å²) in [7, 11) is -3.76. The number of nitrogens with one attached hydrogen (secondary N) is 1. The molecule has 0 saturated carbocycles. The van der Waals surface area contributed by atoms with Crippen molar-refractivity contribution in [2.24, 2.45) is 0 Å². The summed E-state index contributed by atoms with van der Waals surface area (Å²) in [4.78, 5) is 41.8. The molecule has 10 nitrogen and oxygen atoms in total. The number of Topliss-reactive ketones (excluding diaryl/α,β-unsaturated/α-hetero) is 1. The summed E-state index contributed by atoms with van der Waals surface area (Å²) in [6.07, 6.45) is 0.0342. The van der Waals surface area contributed by atoms with Crippen molar-refractivity contribution >= 4 is 27.6 Å². The zero-order valence-corrected chi connectivity index (χ0v) is 19.1. The Hall–Kier alpha value is -2.34. The largest absolute Gasteiger partial charge is 0.379 e. The maximum absolute atomic E-state index is 12.5. The fourth-order valence-electron chi connectivity index (χ4n) is 3.66. The average Bonchev–Trinajstić information content (AvgIpc) is 2.79. The number of piperazine rings is 1. The Bertz CT molecular complexity index is 920. The van der Waals surface area contributed by atoms with Crippen LogP contribution in [-0.2, 0) is 24.3 Å². The number of hydrogen-bond acceptors (Lipinski definition) is 7. The van der Waals surface area contributed by atoms with E-state index in [1.54, 1.807) is 9.80 Å². The Morgan fingerprint density at radius 2 is 1.47 bits per heavy atom. The van der Waals surface area contributed by atoms with E-state index in [0.29, 0.717) is 51.5 Å². The van der Waals surface area contributed by atoms with Crippen LogP contribution < -0.4 is 4.72 Å². The van der Waals surface area contributed by atoms with Gasteiger partial charge in [-0.15, -0.1) is 0 Å². The molecule has 2 amide bonds. The van der Waals surface area contributed by atoms with Gasteiger partial charge in [-0.25, -0.2) is 13.1 Å². The molecule has 2 fully saturated rings. The number of hydrogen-bond donors (Lipinski definition) is 1. The predicted octanol–water partition coefficient (Wildman–Crippen LogP) is -0.439. The van der Waals surface area contributed by atoms with Crippen molar-refractivity contribution in [2.75, 3.05) is 65.6 Å². The van der Waals surface area contributed by atoms with Crippen LogP contribution >= 0.6 is 0 Å². The van der Waals surface area contributed by atoms with E-state index in [0.717, 1.165) is 13.1 Å². The van der Waals surface area contributed by atoms with Gasteiger partial charge >= 0.3 is 0 Å². The molecule has 0 radical (unpaired) electrons. The molecule has 2 aliphatic heterocycles. The van der Waals surface area contributed by atoms with Crippen molar-refractivity contribution in [3.05, 3.63) is 29.8 Å². The number of benzene rings is 1. The highest BCUT2D eigenvalue weighted by atomic mass is 32.2. The summed E-state index contributed by atoms with van der Waals surface area (Å²) < 4.78 is 32.5. The first-order chi connectivity index (χ1) is 15.3. The minimum atomic E-state index is -3.76. The first-order valence-electron chi connectivity index (χ1n) is 10.7. The summed E-state index contributed by atoms with van der Waals surface area (Å²) in [6.45, 7) is 6.37. The molecule has 0 bridgehead atoms. The van der Waals surface area contributed by atoms with Gasteiger partial charge in [0.25, 0.3) is 0 Å². The van der Waals surface area contributed by atoms with Crippen molar-refractivity contribution < 1.29 is 27.5 Å². The molecule has 0 spiro atoms. The molecule has 176 valence electrons. The zero-order valence-electron chi connectivity index (χ0n) is 18.3. The molecule has 1 N–H and O–H groups in total. The van der Waals surface area contributed by atoms with E-state index in [4.69, 9.17) is 4.74 Å². The van der Waals surface area contributed by atoms with E-state index in [1.165, 1.54) is 31.2 Å². The molecule has 11 heteroatoms. The van der Waals surface area contributed by atoms with Gasteiger partial charge in [0.1, 0.15) is 0 Å². The van der Waals surface area contributed by atoms with Crippen LogP contribution in [0.2, 0.25) is 0 Å². The predicted molar refractivity (Wildman–Crippen MR) is 117 cm³/mol. The van der Waals surface area contributed by atoms with Gasteiger partial charge in [0.05, 0.1) is 24.7 Å². The fourth-order valence-corrected chi connectivity index (χ4v) is 4.69. The second kappa shape index (κ2) is 11.0. The lowest BCUT2D eigenvalue weighted by molar-refractivity contribution is -0.140. The number of carbonyl (C=O) groups excluding carboxylic acids is 3. The van der Waals surface area contributed by atoms with Crippen LogP contribution in [0, 0.1) is 0 Å². The van der Waals surface area contributed by atoms with Crippen LogP contribution in [0.25, 0.3) is 0 Å². The van der Waals surface area contributed by atoms with Gasteiger partial charge in [0.2, 0.25) is 21.8 Å². The molecule has 0 unspecified atom stereocenters. The first-order valence-corrected chi connectivity index (χ1v) is 12.2. The van der Waals surface area contributed by atoms with Crippen LogP contribution in [-0.4, -0.2) is 106 Å². The SMILES string of the molecule is CC(=O)c1ccc(S(=O)(=O)NCCC(=O)N2CCN(C(=O)CN3CCOCC3)CC2)cc1. The molecule has 0 aliphatic carbocycles. The average molecular weight is 467 g/mol. The minimum absolute atomic E-state index is 0.0220. The normalized spacial score (nSPS) is 17.9. The number of amides is 2. The van der Waals surface area contributed by atoms with Crippen molar-refractivity contribution in [3.63, 3.8) is 0 Å². The Labute approximate surface area is 188 Å². The van der Waals surface area contributed by atoms with Crippen molar-refractivity contribution in [1.82, 2.24) is 19.4 Å². The van der Waals surface area contributed by atoms with Gasteiger partial charge in [-0.3, -0.25) is 19.3 Å². The topological polar surface area (TPSA) is 116 Å². The lowest BCUT2D eigenvalue weighted by atomic mass is 10.2. The highest BCUT2D eigenvalue weighted by Crippen LogP contribution is 2.11. The third kappa shape index (κ3) is 6.58. The highest BCUT2D eigenvalue weighted by molar-refractivity contribution is 7.89. The molecule has 2 saturated heterocycles. The molecule has 3 rings (SSSR count). The standard InChI is InChI=1S/C21H30N4O6S/c1-17(26)18-2-4-19(5-3-18)32(29,30)22-7-6-20(27)24-8-10-25(11-9-24)21(28)16-23-12-14-31-15-13-23/h2-5,22H,6-16H2,1H3. The number of morpholine rings is 1. The molecule has 32 heavy (non-hydrogen) atoms.